The predicted molar refractivity (Wildman–Crippen MR) is 69.8 cm³/mol. The van der Waals surface area contributed by atoms with Crippen molar-refractivity contribution in [3.8, 4) is 0 Å². The average Bonchev–Trinajstić information content (AvgIpc) is 2.90. The molecule has 92 valence electrons. The van der Waals surface area contributed by atoms with E-state index < -0.39 is 0 Å². The summed E-state index contributed by atoms with van der Waals surface area (Å²) in [4.78, 5) is 11.9. The Morgan fingerprint density at radius 3 is 2.59 bits per heavy atom. The molecule has 1 amide bonds. The van der Waals surface area contributed by atoms with Crippen LogP contribution in [0.3, 0.4) is 0 Å². The number of rotatable bonds is 4. The molecule has 0 saturated heterocycles. The molecule has 1 aromatic carbocycles. The molecular formula is C15H21NO. The molecule has 2 nitrogen and oxygen atoms in total. The molecule has 2 heteroatoms. The van der Waals surface area contributed by atoms with Crippen LogP contribution < -0.4 is 5.32 Å². The molecular weight excluding hydrogens is 210 g/mol. The fourth-order valence-corrected chi connectivity index (χ4v) is 2.49. The summed E-state index contributed by atoms with van der Waals surface area (Å²) >= 11 is 0. The van der Waals surface area contributed by atoms with Gasteiger partial charge in [0, 0.05) is 12.5 Å². The first-order valence-corrected chi connectivity index (χ1v) is 6.60. The first kappa shape index (κ1) is 12.2. The largest absolute Gasteiger partial charge is 0.355 e. The van der Waals surface area contributed by atoms with E-state index in [-0.39, 0.29) is 11.8 Å². The minimum Gasteiger partial charge on any atom is -0.355 e. The number of carbonyl (C=O) groups excluding carboxylic acids is 1. The topological polar surface area (TPSA) is 29.1 Å². The molecule has 0 heterocycles. The first-order valence-electron chi connectivity index (χ1n) is 6.60. The quantitative estimate of drug-likeness (QED) is 0.847. The molecule has 0 aliphatic heterocycles. The summed E-state index contributed by atoms with van der Waals surface area (Å²) in [7, 11) is 0. The molecule has 17 heavy (non-hydrogen) atoms. The third kappa shape index (κ3) is 3.32. The Labute approximate surface area is 103 Å². The van der Waals surface area contributed by atoms with Gasteiger partial charge in [-0.2, -0.15) is 0 Å². The van der Waals surface area contributed by atoms with E-state index in [0.717, 1.165) is 19.4 Å². The van der Waals surface area contributed by atoms with Gasteiger partial charge in [0.1, 0.15) is 0 Å². The van der Waals surface area contributed by atoms with Crippen LogP contribution in [-0.2, 0) is 4.79 Å². The highest BCUT2D eigenvalue weighted by atomic mass is 16.1. The number of benzene rings is 1. The van der Waals surface area contributed by atoms with Gasteiger partial charge in [-0.1, -0.05) is 50.1 Å². The van der Waals surface area contributed by atoms with Gasteiger partial charge in [-0.15, -0.1) is 0 Å². The molecule has 1 N–H and O–H groups in total. The second-order valence-electron chi connectivity index (χ2n) is 5.04. The molecule has 1 fully saturated rings. The Morgan fingerprint density at radius 1 is 1.29 bits per heavy atom. The molecule has 0 radical (unpaired) electrons. The Hall–Kier alpha value is -1.31. The van der Waals surface area contributed by atoms with Crippen molar-refractivity contribution in [1.82, 2.24) is 5.32 Å². The van der Waals surface area contributed by atoms with Crippen LogP contribution in [-0.4, -0.2) is 12.5 Å². The van der Waals surface area contributed by atoms with Gasteiger partial charge >= 0.3 is 0 Å². The maximum absolute atomic E-state index is 11.9. The molecule has 0 unspecified atom stereocenters. The number of nitrogens with one attached hydrogen (secondary N) is 1. The second-order valence-corrected chi connectivity index (χ2v) is 5.04. The maximum atomic E-state index is 11.9. The number of amides is 1. The monoisotopic (exact) mass is 231 g/mol. The van der Waals surface area contributed by atoms with E-state index in [9.17, 15) is 4.79 Å². The highest BCUT2D eigenvalue weighted by Gasteiger charge is 2.22. The Kier molecular flexibility index (Phi) is 4.18. The van der Waals surface area contributed by atoms with Crippen molar-refractivity contribution in [3.63, 3.8) is 0 Å². The van der Waals surface area contributed by atoms with Crippen molar-refractivity contribution in [2.45, 2.75) is 38.5 Å². The molecule has 0 bridgehead atoms. The van der Waals surface area contributed by atoms with Gasteiger partial charge in [0.25, 0.3) is 0 Å². The summed E-state index contributed by atoms with van der Waals surface area (Å²) in [6.45, 7) is 2.91. The van der Waals surface area contributed by atoms with Gasteiger partial charge in [-0.3, -0.25) is 4.79 Å². The number of hydrogen-bond donors (Lipinski definition) is 1. The van der Waals surface area contributed by atoms with Crippen LogP contribution in [0, 0.1) is 5.92 Å². The molecule has 1 aliphatic carbocycles. The van der Waals surface area contributed by atoms with Crippen LogP contribution in [0.15, 0.2) is 30.3 Å². The van der Waals surface area contributed by atoms with E-state index in [1.165, 1.54) is 18.4 Å². The summed E-state index contributed by atoms with van der Waals surface area (Å²) in [5.74, 6) is 0.921. The minimum atomic E-state index is 0.255. The van der Waals surface area contributed by atoms with E-state index >= 15 is 0 Å². The predicted octanol–water partition coefficient (Wildman–Crippen LogP) is 3.10. The van der Waals surface area contributed by atoms with Crippen LogP contribution in [0.5, 0.6) is 0 Å². The Bertz CT molecular complexity index is 354. The van der Waals surface area contributed by atoms with Crippen molar-refractivity contribution in [1.29, 1.82) is 0 Å². The summed E-state index contributed by atoms with van der Waals surface area (Å²) in [5, 5.41) is 3.08. The average molecular weight is 231 g/mol. The number of hydrogen-bond acceptors (Lipinski definition) is 1. The van der Waals surface area contributed by atoms with Crippen molar-refractivity contribution < 1.29 is 4.79 Å². The van der Waals surface area contributed by atoms with Gasteiger partial charge in [0.2, 0.25) is 5.91 Å². The van der Waals surface area contributed by atoms with E-state index in [4.69, 9.17) is 0 Å². The first-order chi connectivity index (χ1) is 8.27. The summed E-state index contributed by atoms with van der Waals surface area (Å²) in [6.07, 6.45) is 4.58. The van der Waals surface area contributed by atoms with Crippen LogP contribution in [0.2, 0.25) is 0 Å². The van der Waals surface area contributed by atoms with Gasteiger partial charge in [-0.05, 0) is 24.3 Å². The zero-order valence-corrected chi connectivity index (χ0v) is 10.5. The lowest BCUT2D eigenvalue weighted by Gasteiger charge is -2.15. The van der Waals surface area contributed by atoms with Crippen LogP contribution in [0.25, 0.3) is 0 Å². The highest BCUT2D eigenvalue weighted by Crippen LogP contribution is 2.24. The summed E-state index contributed by atoms with van der Waals surface area (Å²) in [6, 6.07) is 10.3. The van der Waals surface area contributed by atoms with E-state index in [2.05, 4.69) is 24.4 Å². The van der Waals surface area contributed by atoms with Gasteiger partial charge < -0.3 is 5.32 Å². The highest BCUT2D eigenvalue weighted by molar-refractivity contribution is 5.78. The van der Waals surface area contributed by atoms with Gasteiger partial charge in [0.15, 0.2) is 0 Å². The van der Waals surface area contributed by atoms with Crippen molar-refractivity contribution in [2.24, 2.45) is 5.92 Å². The zero-order chi connectivity index (χ0) is 12.1. The normalized spacial score (nSPS) is 17.9. The van der Waals surface area contributed by atoms with E-state index in [1.54, 1.807) is 0 Å². The molecule has 0 spiro atoms. The van der Waals surface area contributed by atoms with Crippen molar-refractivity contribution in [2.75, 3.05) is 6.54 Å². The van der Waals surface area contributed by atoms with Gasteiger partial charge in [-0.25, -0.2) is 0 Å². The summed E-state index contributed by atoms with van der Waals surface area (Å²) in [5.41, 5.74) is 1.29. The third-order valence-corrected chi connectivity index (χ3v) is 3.68. The molecule has 1 aromatic rings. The molecule has 1 aliphatic rings. The van der Waals surface area contributed by atoms with E-state index in [1.807, 2.05) is 18.2 Å². The standard InChI is InChI=1S/C15H21NO/c1-12(13-7-3-2-4-8-13)11-16-15(17)14-9-5-6-10-14/h2-4,7-8,12,14H,5-6,9-11H2,1H3,(H,16,17)/t12-/m1/s1. The zero-order valence-electron chi connectivity index (χ0n) is 10.5. The summed E-state index contributed by atoms with van der Waals surface area (Å²) < 4.78 is 0. The molecule has 2 rings (SSSR count). The SMILES string of the molecule is C[C@H](CNC(=O)C1CCCC1)c1ccccc1. The molecule has 1 saturated carbocycles. The fraction of sp³-hybridized carbons (Fsp3) is 0.533. The van der Waals surface area contributed by atoms with Crippen LogP contribution in [0.1, 0.15) is 44.1 Å². The molecule has 1 atom stereocenters. The van der Waals surface area contributed by atoms with Crippen LogP contribution >= 0.6 is 0 Å². The number of carbonyl (C=O) groups is 1. The second kappa shape index (κ2) is 5.85. The lowest BCUT2D eigenvalue weighted by atomic mass is 10.0. The maximum Gasteiger partial charge on any atom is 0.223 e. The molecule has 0 aromatic heterocycles. The minimum absolute atomic E-state index is 0.255. The third-order valence-electron chi connectivity index (χ3n) is 3.68. The Balaban J connectivity index is 1.80. The van der Waals surface area contributed by atoms with Crippen molar-refractivity contribution >= 4 is 5.91 Å². The van der Waals surface area contributed by atoms with Crippen LogP contribution in [0.4, 0.5) is 0 Å². The smallest absolute Gasteiger partial charge is 0.223 e. The van der Waals surface area contributed by atoms with E-state index in [0.29, 0.717) is 5.92 Å². The van der Waals surface area contributed by atoms with Crippen molar-refractivity contribution in [3.05, 3.63) is 35.9 Å². The van der Waals surface area contributed by atoms with Gasteiger partial charge in [0.05, 0.1) is 0 Å². The lowest BCUT2D eigenvalue weighted by molar-refractivity contribution is -0.124. The Morgan fingerprint density at radius 2 is 1.94 bits per heavy atom. The fourth-order valence-electron chi connectivity index (χ4n) is 2.49. The lowest BCUT2D eigenvalue weighted by Crippen LogP contribution is -2.32.